The molecule has 14 heavy (non-hydrogen) atoms. The highest BCUT2D eigenvalue weighted by Gasteiger charge is 2.10. The SMILES string of the molecule is CCn1cc(C(N)=O)c2ccccc21. The number of para-hydroxylation sites is 1. The first-order valence-corrected chi connectivity index (χ1v) is 4.61. The Morgan fingerprint density at radius 1 is 1.43 bits per heavy atom. The lowest BCUT2D eigenvalue weighted by molar-refractivity contribution is 0.100. The van der Waals surface area contributed by atoms with E-state index in [1.807, 2.05) is 42.0 Å². The molecule has 2 N–H and O–H groups in total. The van der Waals surface area contributed by atoms with Crippen LogP contribution < -0.4 is 5.73 Å². The van der Waals surface area contributed by atoms with Crippen LogP contribution in [0.1, 0.15) is 17.3 Å². The maximum atomic E-state index is 11.2. The van der Waals surface area contributed by atoms with E-state index in [1.165, 1.54) is 0 Å². The van der Waals surface area contributed by atoms with Crippen molar-refractivity contribution < 1.29 is 4.79 Å². The molecule has 72 valence electrons. The number of primary amides is 1. The molecule has 0 aliphatic rings. The van der Waals surface area contributed by atoms with Crippen molar-refractivity contribution in [3.8, 4) is 0 Å². The number of carbonyl (C=O) groups is 1. The highest BCUT2D eigenvalue weighted by molar-refractivity contribution is 6.06. The Bertz CT molecular complexity index is 485. The number of nitrogens with two attached hydrogens (primary N) is 1. The van der Waals surface area contributed by atoms with Gasteiger partial charge < -0.3 is 10.3 Å². The molecular formula is C11H12N2O. The molecule has 1 amide bonds. The molecule has 2 aromatic rings. The highest BCUT2D eigenvalue weighted by Crippen LogP contribution is 2.20. The molecule has 0 aliphatic carbocycles. The van der Waals surface area contributed by atoms with Crippen LogP contribution in [0.15, 0.2) is 30.5 Å². The minimum atomic E-state index is -0.367. The number of nitrogens with zero attached hydrogens (tertiary/aromatic N) is 1. The zero-order valence-electron chi connectivity index (χ0n) is 8.03. The molecule has 3 nitrogen and oxygen atoms in total. The van der Waals surface area contributed by atoms with Gasteiger partial charge in [0.25, 0.3) is 5.91 Å². The number of carbonyl (C=O) groups excluding carboxylic acids is 1. The Balaban J connectivity index is 2.80. The van der Waals surface area contributed by atoms with Crippen molar-refractivity contribution in [2.45, 2.75) is 13.5 Å². The first-order chi connectivity index (χ1) is 6.74. The van der Waals surface area contributed by atoms with Gasteiger partial charge in [-0.15, -0.1) is 0 Å². The molecule has 0 spiro atoms. The number of aromatic nitrogens is 1. The molecule has 1 aromatic carbocycles. The third-order valence-electron chi connectivity index (χ3n) is 2.39. The van der Waals surface area contributed by atoms with Crippen LogP contribution in [0.5, 0.6) is 0 Å². The minimum absolute atomic E-state index is 0.367. The predicted molar refractivity (Wildman–Crippen MR) is 56.1 cm³/mol. The van der Waals surface area contributed by atoms with E-state index in [2.05, 4.69) is 0 Å². The van der Waals surface area contributed by atoms with Crippen molar-refractivity contribution in [3.63, 3.8) is 0 Å². The third-order valence-corrected chi connectivity index (χ3v) is 2.39. The molecule has 0 saturated carbocycles. The monoisotopic (exact) mass is 188 g/mol. The molecule has 0 saturated heterocycles. The molecular weight excluding hydrogens is 176 g/mol. The fourth-order valence-electron chi connectivity index (χ4n) is 1.70. The van der Waals surface area contributed by atoms with Gasteiger partial charge in [0, 0.05) is 23.6 Å². The fourth-order valence-corrected chi connectivity index (χ4v) is 1.70. The van der Waals surface area contributed by atoms with Crippen LogP contribution in [-0.2, 0) is 6.54 Å². The second-order valence-electron chi connectivity index (χ2n) is 3.21. The predicted octanol–water partition coefficient (Wildman–Crippen LogP) is 1.76. The lowest BCUT2D eigenvalue weighted by Gasteiger charge is -1.97. The van der Waals surface area contributed by atoms with Crippen LogP contribution in [0.2, 0.25) is 0 Å². The fraction of sp³-hybridized carbons (Fsp3) is 0.182. The summed E-state index contributed by atoms with van der Waals surface area (Å²) in [6, 6.07) is 7.78. The maximum Gasteiger partial charge on any atom is 0.250 e. The second-order valence-corrected chi connectivity index (χ2v) is 3.21. The molecule has 1 heterocycles. The van der Waals surface area contributed by atoms with Gasteiger partial charge in [-0.1, -0.05) is 18.2 Å². The van der Waals surface area contributed by atoms with Gasteiger partial charge in [0.1, 0.15) is 0 Å². The minimum Gasteiger partial charge on any atom is -0.366 e. The van der Waals surface area contributed by atoms with Crippen molar-refractivity contribution in [1.82, 2.24) is 4.57 Å². The number of hydrogen-bond acceptors (Lipinski definition) is 1. The van der Waals surface area contributed by atoms with E-state index in [1.54, 1.807) is 0 Å². The largest absolute Gasteiger partial charge is 0.366 e. The molecule has 0 bridgehead atoms. The summed E-state index contributed by atoms with van der Waals surface area (Å²) >= 11 is 0. The summed E-state index contributed by atoms with van der Waals surface area (Å²) in [6.45, 7) is 2.88. The molecule has 1 aromatic heterocycles. The van der Waals surface area contributed by atoms with Crippen molar-refractivity contribution in [3.05, 3.63) is 36.0 Å². The summed E-state index contributed by atoms with van der Waals surface area (Å²) in [6.07, 6.45) is 1.81. The number of aryl methyl sites for hydroxylation is 1. The summed E-state index contributed by atoms with van der Waals surface area (Å²) in [5.41, 5.74) is 6.95. The van der Waals surface area contributed by atoms with Gasteiger partial charge in [-0.3, -0.25) is 4.79 Å². The number of rotatable bonds is 2. The Labute approximate surface area is 82.1 Å². The Morgan fingerprint density at radius 3 is 2.79 bits per heavy atom. The second kappa shape index (κ2) is 3.18. The molecule has 3 heteroatoms. The first-order valence-electron chi connectivity index (χ1n) is 4.61. The van der Waals surface area contributed by atoms with Crippen molar-refractivity contribution in [2.75, 3.05) is 0 Å². The van der Waals surface area contributed by atoms with Gasteiger partial charge in [-0.25, -0.2) is 0 Å². The summed E-state index contributed by atoms with van der Waals surface area (Å²) in [7, 11) is 0. The summed E-state index contributed by atoms with van der Waals surface area (Å²) < 4.78 is 2.02. The molecule has 0 atom stereocenters. The molecule has 0 unspecified atom stereocenters. The van der Waals surface area contributed by atoms with E-state index in [4.69, 9.17) is 5.73 Å². The van der Waals surface area contributed by atoms with E-state index in [0.29, 0.717) is 5.56 Å². The van der Waals surface area contributed by atoms with E-state index >= 15 is 0 Å². The summed E-state index contributed by atoms with van der Waals surface area (Å²) in [5, 5.41) is 0.932. The quantitative estimate of drug-likeness (QED) is 0.767. The maximum absolute atomic E-state index is 11.2. The smallest absolute Gasteiger partial charge is 0.250 e. The molecule has 0 fully saturated rings. The molecule has 2 rings (SSSR count). The van der Waals surface area contributed by atoms with Gasteiger partial charge in [0.05, 0.1) is 5.56 Å². The van der Waals surface area contributed by atoms with Crippen LogP contribution in [0.25, 0.3) is 10.9 Å². The van der Waals surface area contributed by atoms with E-state index < -0.39 is 0 Å². The number of benzene rings is 1. The summed E-state index contributed by atoms with van der Waals surface area (Å²) in [4.78, 5) is 11.2. The van der Waals surface area contributed by atoms with E-state index in [9.17, 15) is 4.79 Å². The van der Waals surface area contributed by atoms with Crippen molar-refractivity contribution in [1.29, 1.82) is 0 Å². The standard InChI is InChI=1S/C11H12N2O/c1-2-13-7-9(11(12)14)8-5-3-4-6-10(8)13/h3-7H,2H2,1H3,(H2,12,14). The third kappa shape index (κ3) is 1.18. The van der Waals surface area contributed by atoms with E-state index in [-0.39, 0.29) is 5.91 Å². The number of fused-ring (bicyclic) bond motifs is 1. The van der Waals surface area contributed by atoms with E-state index in [0.717, 1.165) is 17.4 Å². The summed E-state index contributed by atoms with van der Waals surface area (Å²) in [5.74, 6) is -0.367. The van der Waals surface area contributed by atoms with Crippen LogP contribution in [-0.4, -0.2) is 10.5 Å². The molecule has 0 aliphatic heterocycles. The van der Waals surface area contributed by atoms with Crippen LogP contribution in [0.4, 0.5) is 0 Å². The first kappa shape index (κ1) is 8.81. The van der Waals surface area contributed by atoms with Gasteiger partial charge in [0.2, 0.25) is 0 Å². The van der Waals surface area contributed by atoms with Crippen LogP contribution in [0, 0.1) is 0 Å². The number of amides is 1. The Morgan fingerprint density at radius 2 is 2.14 bits per heavy atom. The topological polar surface area (TPSA) is 48.0 Å². The number of hydrogen-bond donors (Lipinski definition) is 1. The van der Waals surface area contributed by atoms with Crippen LogP contribution in [0.3, 0.4) is 0 Å². The van der Waals surface area contributed by atoms with Gasteiger partial charge >= 0.3 is 0 Å². The normalized spacial score (nSPS) is 10.6. The highest BCUT2D eigenvalue weighted by atomic mass is 16.1. The van der Waals surface area contributed by atoms with Crippen molar-refractivity contribution in [2.24, 2.45) is 5.73 Å². The Hall–Kier alpha value is -1.77. The van der Waals surface area contributed by atoms with Crippen LogP contribution >= 0.6 is 0 Å². The van der Waals surface area contributed by atoms with Crippen molar-refractivity contribution >= 4 is 16.8 Å². The average Bonchev–Trinajstić information content (AvgIpc) is 2.56. The zero-order valence-corrected chi connectivity index (χ0v) is 8.03. The zero-order chi connectivity index (χ0) is 10.1. The lowest BCUT2D eigenvalue weighted by Crippen LogP contribution is -2.10. The average molecular weight is 188 g/mol. The van der Waals surface area contributed by atoms with Gasteiger partial charge in [-0.2, -0.15) is 0 Å². The van der Waals surface area contributed by atoms with Gasteiger partial charge in [-0.05, 0) is 13.0 Å². The molecule has 0 radical (unpaired) electrons. The Kier molecular flexibility index (Phi) is 2.00. The van der Waals surface area contributed by atoms with Gasteiger partial charge in [0.15, 0.2) is 0 Å². The lowest BCUT2D eigenvalue weighted by atomic mass is 10.2.